The first-order valence-corrected chi connectivity index (χ1v) is 15.6. The number of amides is 2. The van der Waals surface area contributed by atoms with Crippen molar-refractivity contribution in [2.24, 2.45) is 0 Å². The molecule has 3 aromatic heterocycles. The molecule has 11 nitrogen and oxygen atoms in total. The van der Waals surface area contributed by atoms with Gasteiger partial charge in [-0.05, 0) is 66.9 Å². The summed E-state index contributed by atoms with van der Waals surface area (Å²) in [5.74, 6) is 2.35. The first kappa shape index (κ1) is 32.1. The number of nitrogens with one attached hydrogen (secondary N) is 3. The normalized spacial score (nSPS) is 11.4. The van der Waals surface area contributed by atoms with Crippen molar-refractivity contribution in [3.05, 3.63) is 119 Å². The Bertz CT molecular complexity index is 2080. The van der Waals surface area contributed by atoms with Gasteiger partial charge in [0.25, 0.3) is 0 Å². The van der Waals surface area contributed by atoms with Gasteiger partial charge in [-0.2, -0.15) is 5.10 Å². The molecule has 0 unspecified atom stereocenters. The number of aliphatic hydroxyl groups excluding tert-OH is 1. The Morgan fingerprint density at radius 1 is 0.854 bits per heavy atom. The summed E-state index contributed by atoms with van der Waals surface area (Å²) < 4.78 is 8.04. The van der Waals surface area contributed by atoms with E-state index in [1.54, 1.807) is 17.1 Å². The van der Waals surface area contributed by atoms with Crippen molar-refractivity contribution in [3.8, 4) is 11.4 Å². The second-order valence-corrected chi connectivity index (χ2v) is 12.6. The maximum atomic E-state index is 13.5. The maximum Gasteiger partial charge on any atom is 0.324 e. The van der Waals surface area contributed by atoms with Crippen molar-refractivity contribution in [1.29, 1.82) is 0 Å². The predicted molar refractivity (Wildman–Crippen MR) is 188 cm³/mol. The van der Waals surface area contributed by atoms with Crippen LogP contribution in [-0.4, -0.2) is 35.9 Å². The zero-order valence-electron chi connectivity index (χ0n) is 27.6. The van der Waals surface area contributed by atoms with Gasteiger partial charge < -0.3 is 20.5 Å². The highest BCUT2D eigenvalue weighted by atomic mass is 16.5. The fourth-order valence-electron chi connectivity index (χ4n) is 5.09. The van der Waals surface area contributed by atoms with Crippen LogP contribution in [0.15, 0.2) is 91.4 Å². The molecule has 0 aliphatic heterocycles. The summed E-state index contributed by atoms with van der Waals surface area (Å²) in [4.78, 5) is 26.2. The molecule has 3 heterocycles. The first-order chi connectivity index (χ1) is 23.1. The number of aromatic nitrogens is 5. The topological polar surface area (TPSA) is 139 Å². The molecule has 0 bridgehead atoms. The van der Waals surface area contributed by atoms with E-state index in [1.807, 2.05) is 60.7 Å². The number of urea groups is 1. The largest absolute Gasteiger partial charge is 0.488 e. The van der Waals surface area contributed by atoms with Crippen molar-refractivity contribution in [2.45, 2.75) is 53.2 Å². The molecular weight excluding hydrogens is 604 g/mol. The van der Waals surface area contributed by atoms with Crippen LogP contribution in [0.25, 0.3) is 16.5 Å². The van der Waals surface area contributed by atoms with E-state index in [0.717, 1.165) is 33.3 Å². The Morgan fingerprint density at radius 3 is 2.40 bits per heavy atom. The highest BCUT2D eigenvalue weighted by molar-refractivity contribution is 6.07. The minimum Gasteiger partial charge on any atom is -0.488 e. The lowest BCUT2D eigenvalue weighted by Crippen LogP contribution is -2.21. The summed E-state index contributed by atoms with van der Waals surface area (Å²) in [7, 11) is 0. The number of nitrogens with zero attached hydrogens (tertiary/aromatic N) is 5. The number of fused-ring (bicyclic) bond motifs is 1. The van der Waals surface area contributed by atoms with Crippen LogP contribution >= 0.6 is 0 Å². The van der Waals surface area contributed by atoms with Crippen molar-refractivity contribution in [2.75, 3.05) is 16.0 Å². The van der Waals surface area contributed by atoms with Gasteiger partial charge in [-0.15, -0.1) is 0 Å². The van der Waals surface area contributed by atoms with E-state index in [2.05, 4.69) is 77.7 Å². The number of hydrogen-bond acceptors (Lipinski definition) is 8. The van der Waals surface area contributed by atoms with Gasteiger partial charge in [-0.1, -0.05) is 51.1 Å². The summed E-state index contributed by atoms with van der Waals surface area (Å²) in [6.45, 7) is 10.5. The number of ether oxygens (including phenoxy) is 1. The fraction of sp³-hybridized carbons (Fsp3) is 0.216. The number of rotatable bonds is 9. The molecule has 0 fully saturated rings. The number of carbonyl (C=O) groups is 1. The van der Waals surface area contributed by atoms with Gasteiger partial charge >= 0.3 is 6.03 Å². The van der Waals surface area contributed by atoms with Gasteiger partial charge in [-0.3, -0.25) is 10.3 Å². The molecule has 0 radical (unpaired) electrons. The fourth-order valence-corrected chi connectivity index (χ4v) is 5.09. The van der Waals surface area contributed by atoms with Gasteiger partial charge in [0, 0.05) is 28.5 Å². The van der Waals surface area contributed by atoms with E-state index in [1.165, 1.54) is 11.8 Å². The van der Waals surface area contributed by atoms with E-state index in [9.17, 15) is 9.90 Å². The van der Waals surface area contributed by atoms with Crippen molar-refractivity contribution in [3.63, 3.8) is 0 Å². The monoisotopic (exact) mass is 642 g/mol. The van der Waals surface area contributed by atoms with Gasteiger partial charge in [0.15, 0.2) is 0 Å². The number of anilines is 4. The lowest BCUT2D eigenvalue weighted by atomic mass is 9.92. The van der Waals surface area contributed by atoms with E-state index in [-0.39, 0.29) is 18.1 Å². The first-order valence-electron chi connectivity index (χ1n) is 15.6. The molecule has 0 atom stereocenters. The molecule has 3 aromatic carbocycles. The molecule has 244 valence electrons. The molecular formula is C37H38N8O3. The Balaban J connectivity index is 1.18. The van der Waals surface area contributed by atoms with Crippen molar-refractivity contribution < 1.29 is 14.6 Å². The number of pyridine rings is 1. The zero-order chi connectivity index (χ0) is 33.8. The number of aliphatic hydroxyl groups is 1. The zero-order valence-corrected chi connectivity index (χ0v) is 27.6. The van der Waals surface area contributed by atoms with E-state index < -0.39 is 0 Å². The van der Waals surface area contributed by atoms with Crippen LogP contribution in [0.5, 0.6) is 5.75 Å². The SMILES string of the molecule is Cc1ccc(-n2nc(C(C)(C)C)cc2NC(=O)Nc2ccc(OCc3ccnc(Nc4cnc(CO)cn4)c3)c3ccccc23)cc1C. The van der Waals surface area contributed by atoms with Gasteiger partial charge in [-0.25, -0.2) is 19.4 Å². The maximum absolute atomic E-state index is 13.5. The molecule has 4 N–H and O–H groups in total. The summed E-state index contributed by atoms with van der Waals surface area (Å²) in [6, 6.07) is 22.9. The summed E-state index contributed by atoms with van der Waals surface area (Å²) in [6.07, 6.45) is 4.74. The summed E-state index contributed by atoms with van der Waals surface area (Å²) in [5, 5.41) is 24.9. The van der Waals surface area contributed by atoms with Gasteiger partial charge in [0.2, 0.25) is 0 Å². The minimum absolute atomic E-state index is 0.170. The molecule has 11 heteroatoms. The lowest BCUT2D eigenvalue weighted by molar-refractivity contribution is 0.262. The molecule has 48 heavy (non-hydrogen) atoms. The Hall–Kier alpha value is -5.81. The summed E-state index contributed by atoms with van der Waals surface area (Å²) in [5.41, 5.74) is 5.89. The summed E-state index contributed by atoms with van der Waals surface area (Å²) >= 11 is 0. The standard InChI is InChI=1S/C37H38N8O3/c1-23-10-11-27(16-24(23)2)45-35(18-32(44-45)37(3,4)5)43-36(47)41-30-12-13-31(29-9-7-6-8-28(29)30)48-22-25-14-15-38-33(17-25)42-34-20-39-26(21-46)19-40-34/h6-20,46H,21-22H2,1-5H3,(H,38,40,42)(H2,41,43,47). The number of carbonyl (C=O) groups excluding carboxylic acids is 1. The van der Waals surface area contributed by atoms with Crippen LogP contribution in [0, 0.1) is 13.8 Å². The van der Waals surface area contributed by atoms with E-state index in [4.69, 9.17) is 9.84 Å². The highest BCUT2D eigenvalue weighted by Gasteiger charge is 2.22. The average molecular weight is 643 g/mol. The Morgan fingerprint density at radius 2 is 1.67 bits per heavy atom. The Kier molecular flexibility index (Phi) is 9.04. The number of benzene rings is 3. The molecule has 2 amide bonds. The lowest BCUT2D eigenvalue weighted by Gasteiger charge is -2.15. The van der Waals surface area contributed by atoms with Crippen LogP contribution in [0.2, 0.25) is 0 Å². The quantitative estimate of drug-likeness (QED) is 0.127. The van der Waals surface area contributed by atoms with Crippen LogP contribution < -0.4 is 20.7 Å². The van der Waals surface area contributed by atoms with Crippen LogP contribution in [0.3, 0.4) is 0 Å². The molecule has 6 rings (SSSR count). The minimum atomic E-state index is -0.383. The molecule has 0 saturated heterocycles. The molecule has 6 aromatic rings. The molecule has 0 spiro atoms. The smallest absolute Gasteiger partial charge is 0.324 e. The van der Waals surface area contributed by atoms with Crippen LogP contribution in [-0.2, 0) is 18.6 Å². The number of aryl methyl sites for hydroxylation is 2. The second-order valence-electron chi connectivity index (χ2n) is 12.6. The molecule has 0 aliphatic carbocycles. The van der Waals surface area contributed by atoms with E-state index >= 15 is 0 Å². The third kappa shape index (κ3) is 7.26. The highest BCUT2D eigenvalue weighted by Crippen LogP contribution is 2.33. The second kappa shape index (κ2) is 13.5. The van der Waals surface area contributed by atoms with Crippen LogP contribution in [0.4, 0.5) is 27.9 Å². The van der Waals surface area contributed by atoms with Crippen molar-refractivity contribution in [1.82, 2.24) is 24.7 Å². The van der Waals surface area contributed by atoms with Gasteiger partial charge in [0.05, 0.1) is 41.8 Å². The van der Waals surface area contributed by atoms with E-state index in [0.29, 0.717) is 41.2 Å². The molecule has 0 saturated carbocycles. The third-order valence-electron chi connectivity index (χ3n) is 7.93. The third-order valence-corrected chi connectivity index (χ3v) is 7.93. The van der Waals surface area contributed by atoms with Crippen LogP contribution in [0.1, 0.15) is 48.8 Å². The predicted octanol–water partition coefficient (Wildman–Crippen LogP) is 7.58. The molecule has 0 aliphatic rings. The Labute approximate surface area is 279 Å². The average Bonchev–Trinajstić information content (AvgIpc) is 3.50. The van der Waals surface area contributed by atoms with Gasteiger partial charge in [0.1, 0.15) is 29.8 Å². The van der Waals surface area contributed by atoms with Crippen molar-refractivity contribution >= 4 is 39.9 Å². The number of hydrogen-bond donors (Lipinski definition) is 4.